The zero-order valence-corrected chi connectivity index (χ0v) is 13.7. The van der Waals surface area contributed by atoms with Gasteiger partial charge in [0.15, 0.2) is 0 Å². The highest BCUT2D eigenvalue weighted by molar-refractivity contribution is 7.10. The molecule has 0 aliphatic carbocycles. The van der Waals surface area contributed by atoms with Crippen LogP contribution in [0.1, 0.15) is 22.9 Å². The highest BCUT2D eigenvalue weighted by Crippen LogP contribution is 2.24. The summed E-state index contributed by atoms with van der Waals surface area (Å²) in [5, 5.41) is 4.74. The van der Waals surface area contributed by atoms with Crippen LogP contribution < -0.4 is 5.32 Å². The maximum absolute atomic E-state index is 12.8. The van der Waals surface area contributed by atoms with Crippen LogP contribution in [0.15, 0.2) is 47.5 Å². The van der Waals surface area contributed by atoms with E-state index in [1.54, 1.807) is 22.3 Å². The van der Waals surface area contributed by atoms with Crippen LogP contribution in [-0.2, 0) is 22.6 Å². The Bertz CT molecular complexity index is 749. The summed E-state index contributed by atoms with van der Waals surface area (Å²) >= 11 is 1.74. The van der Waals surface area contributed by atoms with Crippen LogP contribution in [0.2, 0.25) is 0 Å². The van der Waals surface area contributed by atoms with E-state index in [1.807, 2.05) is 30.3 Å². The molecule has 0 fully saturated rings. The number of carbonyl (C=O) groups is 2. The molecule has 5 heteroatoms. The van der Waals surface area contributed by atoms with E-state index >= 15 is 0 Å². The SMILES string of the molecule is CC(=O)N/C(=C/c1ccccc1)C(=O)N1CCc2sccc2C1. The van der Waals surface area contributed by atoms with Crippen LogP contribution in [0.5, 0.6) is 0 Å². The van der Waals surface area contributed by atoms with Gasteiger partial charge in [0.05, 0.1) is 0 Å². The van der Waals surface area contributed by atoms with Crippen LogP contribution in [-0.4, -0.2) is 23.3 Å². The Morgan fingerprint density at radius 1 is 1.22 bits per heavy atom. The van der Waals surface area contributed by atoms with Gasteiger partial charge in [0.1, 0.15) is 5.70 Å². The second kappa shape index (κ2) is 6.79. The number of nitrogens with one attached hydrogen (secondary N) is 1. The van der Waals surface area contributed by atoms with E-state index in [-0.39, 0.29) is 11.8 Å². The van der Waals surface area contributed by atoms with Gasteiger partial charge in [-0.05, 0) is 35.1 Å². The maximum Gasteiger partial charge on any atom is 0.270 e. The van der Waals surface area contributed by atoms with Gasteiger partial charge in [-0.15, -0.1) is 11.3 Å². The van der Waals surface area contributed by atoms with Crippen molar-refractivity contribution >= 4 is 29.2 Å². The first-order valence-electron chi connectivity index (χ1n) is 7.52. The van der Waals surface area contributed by atoms with Crippen LogP contribution in [0.3, 0.4) is 0 Å². The largest absolute Gasteiger partial charge is 0.333 e. The zero-order chi connectivity index (χ0) is 16.2. The van der Waals surface area contributed by atoms with Crippen molar-refractivity contribution in [3.05, 3.63) is 63.5 Å². The Morgan fingerprint density at radius 3 is 2.74 bits per heavy atom. The van der Waals surface area contributed by atoms with Gasteiger partial charge in [0.2, 0.25) is 5.91 Å². The van der Waals surface area contributed by atoms with Gasteiger partial charge < -0.3 is 10.2 Å². The molecule has 1 aliphatic rings. The number of thiophene rings is 1. The van der Waals surface area contributed by atoms with Gasteiger partial charge >= 0.3 is 0 Å². The molecule has 2 amide bonds. The number of hydrogen-bond donors (Lipinski definition) is 1. The zero-order valence-electron chi connectivity index (χ0n) is 12.9. The van der Waals surface area contributed by atoms with E-state index in [0.717, 1.165) is 12.0 Å². The number of carbonyl (C=O) groups excluding carboxylic acids is 2. The van der Waals surface area contributed by atoms with Gasteiger partial charge in [-0.2, -0.15) is 0 Å². The fourth-order valence-corrected chi connectivity index (χ4v) is 3.54. The van der Waals surface area contributed by atoms with E-state index in [0.29, 0.717) is 18.8 Å². The number of nitrogens with zero attached hydrogens (tertiary/aromatic N) is 1. The molecular weight excluding hydrogens is 308 g/mol. The molecular formula is C18H18N2O2S. The smallest absolute Gasteiger partial charge is 0.270 e. The average molecular weight is 326 g/mol. The molecule has 23 heavy (non-hydrogen) atoms. The average Bonchev–Trinajstić information content (AvgIpc) is 3.01. The Labute approximate surface area is 139 Å². The fourth-order valence-electron chi connectivity index (χ4n) is 2.65. The van der Waals surface area contributed by atoms with Gasteiger partial charge in [-0.3, -0.25) is 9.59 Å². The molecule has 1 aliphatic heterocycles. The summed E-state index contributed by atoms with van der Waals surface area (Å²) in [6.45, 7) is 2.70. The molecule has 0 atom stereocenters. The van der Waals surface area contributed by atoms with Crippen molar-refractivity contribution in [2.45, 2.75) is 19.9 Å². The summed E-state index contributed by atoms with van der Waals surface area (Å²) in [5.41, 5.74) is 2.41. The van der Waals surface area contributed by atoms with Crippen molar-refractivity contribution < 1.29 is 9.59 Å². The molecule has 2 aromatic rings. The molecule has 2 heterocycles. The first-order chi connectivity index (χ1) is 11.1. The van der Waals surface area contributed by atoms with Crippen LogP contribution in [0.4, 0.5) is 0 Å². The minimum atomic E-state index is -0.242. The Balaban J connectivity index is 1.84. The van der Waals surface area contributed by atoms with Crippen LogP contribution in [0.25, 0.3) is 6.08 Å². The summed E-state index contributed by atoms with van der Waals surface area (Å²) in [6, 6.07) is 11.6. The van der Waals surface area contributed by atoms with Gasteiger partial charge in [-0.25, -0.2) is 0 Å². The van der Waals surface area contributed by atoms with Crippen molar-refractivity contribution in [1.29, 1.82) is 0 Å². The quantitative estimate of drug-likeness (QED) is 0.882. The topological polar surface area (TPSA) is 49.4 Å². The second-order valence-corrected chi connectivity index (χ2v) is 6.50. The monoisotopic (exact) mass is 326 g/mol. The molecule has 118 valence electrons. The number of fused-ring (bicyclic) bond motifs is 1. The maximum atomic E-state index is 12.8. The summed E-state index contributed by atoms with van der Waals surface area (Å²) in [4.78, 5) is 27.4. The molecule has 0 saturated carbocycles. The lowest BCUT2D eigenvalue weighted by Crippen LogP contribution is -2.40. The lowest BCUT2D eigenvalue weighted by Gasteiger charge is -2.28. The number of amides is 2. The molecule has 1 N–H and O–H groups in total. The van der Waals surface area contributed by atoms with E-state index in [2.05, 4.69) is 16.8 Å². The molecule has 0 unspecified atom stereocenters. The molecule has 0 saturated heterocycles. The van der Waals surface area contributed by atoms with Gasteiger partial charge in [0, 0.05) is 24.9 Å². The predicted molar refractivity (Wildman–Crippen MR) is 91.7 cm³/mol. The Hall–Kier alpha value is -2.40. The van der Waals surface area contributed by atoms with Crippen LogP contribution in [0, 0.1) is 0 Å². The van der Waals surface area contributed by atoms with Crippen molar-refractivity contribution in [3.8, 4) is 0 Å². The molecule has 0 spiro atoms. The fraction of sp³-hybridized carbons (Fsp3) is 0.222. The molecule has 1 aromatic carbocycles. The first-order valence-corrected chi connectivity index (χ1v) is 8.40. The Morgan fingerprint density at radius 2 is 2.00 bits per heavy atom. The van der Waals surface area contributed by atoms with E-state index < -0.39 is 0 Å². The molecule has 0 radical (unpaired) electrons. The standard InChI is InChI=1S/C18H18N2O2S/c1-13(21)19-16(11-14-5-3-2-4-6-14)18(22)20-9-7-17-15(12-20)8-10-23-17/h2-6,8,10-11H,7,9,12H2,1H3,(H,19,21)/b16-11+. The number of hydrogen-bond acceptors (Lipinski definition) is 3. The minimum absolute atomic E-state index is 0.138. The lowest BCUT2D eigenvalue weighted by molar-refractivity contribution is -0.130. The Kier molecular flexibility index (Phi) is 4.57. The predicted octanol–water partition coefficient (Wildman–Crippen LogP) is 2.81. The third-order valence-corrected chi connectivity index (χ3v) is 4.77. The summed E-state index contributed by atoms with van der Waals surface area (Å²) in [6.07, 6.45) is 2.60. The molecule has 3 rings (SSSR count). The lowest BCUT2D eigenvalue weighted by atomic mass is 10.1. The third-order valence-electron chi connectivity index (χ3n) is 3.75. The summed E-state index contributed by atoms with van der Waals surface area (Å²) in [5.74, 6) is -0.380. The molecule has 0 bridgehead atoms. The van der Waals surface area contributed by atoms with Crippen molar-refractivity contribution in [2.75, 3.05) is 6.54 Å². The highest BCUT2D eigenvalue weighted by atomic mass is 32.1. The third kappa shape index (κ3) is 3.68. The number of rotatable bonds is 3. The second-order valence-electron chi connectivity index (χ2n) is 5.50. The molecule has 4 nitrogen and oxygen atoms in total. The van der Waals surface area contributed by atoms with Crippen molar-refractivity contribution in [3.63, 3.8) is 0 Å². The van der Waals surface area contributed by atoms with Gasteiger partial charge in [0.25, 0.3) is 5.91 Å². The first kappa shape index (κ1) is 15.5. The summed E-state index contributed by atoms with van der Waals surface area (Å²) < 4.78 is 0. The van der Waals surface area contributed by atoms with Gasteiger partial charge in [-0.1, -0.05) is 30.3 Å². The van der Waals surface area contributed by atoms with E-state index in [4.69, 9.17) is 0 Å². The minimum Gasteiger partial charge on any atom is -0.333 e. The van der Waals surface area contributed by atoms with E-state index in [9.17, 15) is 9.59 Å². The normalized spacial score (nSPS) is 14.3. The van der Waals surface area contributed by atoms with Crippen LogP contribution >= 0.6 is 11.3 Å². The van der Waals surface area contributed by atoms with E-state index in [1.165, 1.54) is 17.4 Å². The molecule has 1 aromatic heterocycles. The number of benzene rings is 1. The van der Waals surface area contributed by atoms with Crippen molar-refractivity contribution in [2.24, 2.45) is 0 Å². The van der Waals surface area contributed by atoms with Crippen molar-refractivity contribution in [1.82, 2.24) is 10.2 Å². The summed E-state index contributed by atoms with van der Waals surface area (Å²) in [7, 11) is 0. The highest BCUT2D eigenvalue weighted by Gasteiger charge is 2.24.